The molecule has 1 rings (SSSR count). The van der Waals surface area contributed by atoms with Gasteiger partial charge in [-0.2, -0.15) is 0 Å². The lowest BCUT2D eigenvalue weighted by molar-refractivity contribution is 0.0922. The first-order valence-electron chi connectivity index (χ1n) is 6.47. The molecule has 100 valence electrons. The molecule has 0 saturated carbocycles. The van der Waals surface area contributed by atoms with Gasteiger partial charge in [0.1, 0.15) is 0 Å². The summed E-state index contributed by atoms with van der Waals surface area (Å²) in [6.07, 6.45) is 2.84. The highest BCUT2D eigenvalue weighted by Crippen LogP contribution is 2.21. The van der Waals surface area contributed by atoms with Crippen molar-refractivity contribution in [2.24, 2.45) is 11.7 Å². The van der Waals surface area contributed by atoms with Crippen LogP contribution in [0.1, 0.15) is 49.0 Å². The summed E-state index contributed by atoms with van der Waals surface area (Å²) in [7, 11) is 0. The molecule has 1 aromatic rings. The number of aryl methyl sites for hydroxylation is 1. The molecule has 2 atom stereocenters. The molecule has 0 radical (unpaired) electrons. The van der Waals surface area contributed by atoms with Gasteiger partial charge in [0.15, 0.2) is 5.78 Å². The van der Waals surface area contributed by atoms with Gasteiger partial charge in [0, 0.05) is 22.5 Å². The normalized spacial score (nSPS) is 14.3. The average Bonchev–Trinajstić information content (AvgIpc) is 2.31. The second-order valence-electron chi connectivity index (χ2n) is 5.14. The van der Waals surface area contributed by atoms with Crippen molar-refractivity contribution in [2.75, 3.05) is 0 Å². The topological polar surface area (TPSA) is 43.1 Å². The van der Waals surface area contributed by atoms with Crippen LogP contribution < -0.4 is 5.73 Å². The van der Waals surface area contributed by atoms with Gasteiger partial charge in [0.2, 0.25) is 0 Å². The summed E-state index contributed by atoms with van der Waals surface area (Å²) < 4.78 is 0. The number of hydrogen-bond acceptors (Lipinski definition) is 2. The highest BCUT2D eigenvalue weighted by molar-refractivity contribution is 6.31. The van der Waals surface area contributed by atoms with Crippen LogP contribution in [0.4, 0.5) is 0 Å². The Morgan fingerprint density at radius 3 is 2.56 bits per heavy atom. The Balaban J connectivity index is 2.60. The number of ketones is 1. The third-order valence-electron chi connectivity index (χ3n) is 3.20. The summed E-state index contributed by atoms with van der Waals surface area (Å²) in [5, 5.41) is 0.656. The minimum atomic E-state index is 0.0301. The number of benzene rings is 1. The van der Waals surface area contributed by atoms with Gasteiger partial charge in [-0.05, 0) is 38.3 Å². The fourth-order valence-electron chi connectivity index (χ4n) is 1.91. The van der Waals surface area contributed by atoms with Crippen LogP contribution >= 0.6 is 11.6 Å². The smallest absolute Gasteiger partial charge is 0.165 e. The average molecular weight is 268 g/mol. The van der Waals surface area contributed by atoms with Crippen molar-refractivity contribution < 1.29 is 4.79 Å². The molecule has 2 unspecified atom stereocenters. The molecule has 1 aromatic carbocycles. The Morgan fingerprint density at radius 1 is 1.33 bits per heavy atom. The number of Topliss-reactive ketones (excluding diaryl/α,β-unsaturated/α-hetero) is 1. The van der Waals surface area contributed by atoms with Crippen molar-refractivity contribution in [1.82, 2.24) is 0 Å². The SMILES string of the molecule is Cc1ccc(C(=O)C(C)CCCC(C)N)cc1Cl. The number of hydrogen-bond donors (Lipinski definition) is 1. The quantitative estimate of drug-likeness (QED) is 0.792. The molecule has 2 N–H and O–H groups in total. The number of rotatable bonds is 6. The fraction of sp³-hybridized carbons (Fsp3) is 0.533. The maximum absolute atomic E-state index is 12.2. The summed E-state index contributed by atoms with van der Waals surface area (Å²) >= 11 is 6.04. The van der Waals surface area contributed by atoms with Crippen LogP contribution in [0.3, 0.4) is 0 Å². The Hall–Kier alpha value is -0.860. The van der Waals surface area contributed by atoms with Crippen LogP contribution in [0.15, 0.2) is 18.2 Å². The van der Waals surface area contributed by atoms with E-state index in [4.69, 9.17) is 17.3 Å². The first kappa shape index (κ1) is 15.2. The van der Waals surface area contributed by atoms with Gasteiger partial charge in [0.25, 0.3) is 0 Å². The van der Waals surface area contributed by atoms with E-state index < -0.39 is 0 Å². The molecule has 3 heteroatoms. The van der Waals surface area contributed by atoms with E-state index in [2.05, 4.69) is 0 Å². The van der Waals surface area contributed by atoms with E-state index >= 15 is 0 Å². The molecule has 0 fully saturated rings. The van der Waals surface area contributed by atoms with Gasteiger partial charge < -0.3 is 5.73 Å². The highest BCUT2D eigenvalue weighted by atomic mass is 35.5. The molecule has 2 nitrogen and oxygen atoms in total. The molecule has 0 aliphatic rings. The number of carbonyl (C=O) groups excluding carboxylic acids is 1. The summed E-state index contributed by atoms with van der Waals surface area (Å²) in [5.41, 5.74) is 7.41. The third-order valence-corrected chi connectivity index (χ3v) is 3.61. The van der Waals surface area contributed by atoms with E-state index in [1.807, 2.05) is 32.9 Å². The second-order valence-corrected chi connectivity index (χ2v) is 5.54. The molecular formula is C15H22ClNO. The minimum absolute atomic E-state index is 0.0301. The van der Waals surface area contributed by atoms with Crippen molar-refractivity contribution in [3.05, 3.63) is 34.3 Å². The molecule has 0 aliphatic heterocycles. The molecule has 0 bridgehead atoms. The molecule has 0 aliphatic carbocycles. The summed E-state index contributed by atoms with van der Waals surface area (Å²) in [6, 6.07) is 5.72. The second kappa shape index (κ2) is 6.91. The van der Waals surface area contributed by atoms with Gasteiger partial charge >= 0.3 is 0 Å². The van der Waals surface area contributed by atoms with Crippen LogP contribution in [-0.4, -0.2) is 11.8 Å². The Morgan fingerprint density at radius 2 is 2.00 bits per heavy atom. The van der Waals surface area contributed by atoms with Crippen molar-refractivity contribution in [2.45, 2.75) is 46.1 Å². The van der Waals surface area contributed by atoms with E-state index in [0.29, 0.717) is 10.6 Å². The van der Waals surface area contributed by atoms with E-state index in [0.717, 1.165) is 24.8 Å². The third kappa shape index (κ3) is 4.43. The van der Waals surface area contributed by atoms with Gasteiger partial charge in [-0.3, -0.25) is 4.79 Å². The molecule has 0 spiro atoms. The van der Waals surface area contributed by atoms with Crippen molar-refractivity contribution in [1.29, 1.82) is 0 Å². The van der Waals surface area contributed by atoms with Gasteiger partial charge in [0.05, 0.1) is 0 Å². The first-order chi connectivity index (χ1) is 8.41. The van der Waals surface area contributed by atoms with E-state index in [1.165, 1.54) is 0 Å². The summed E-state index contributed by atoms with van der Waals surface area (Å²) in [6.45, 7) is 5.90. The van der Waals surface area contributed by atoms with Crippen LogP contribution in [0, 0.1) is 12.8 Å². The van der Waals surface area contributed by atoms with Crippen LogP contribution in [0.5, 0.6) is 0 Å². The maximum Gasteiger partial charge on any atom is 0.165 e. The van der Waals surface area contributed by atoms with Crippen LogP contribution in [0.25, 0.3) is 0 Å². The van der Waals surface area contributed by atoms with Crippen LogP contribution in [0.2, 0.25) is 5.02 Å². The van der Waals surface area contributed by atoms with E-state index in [9.17, 15) is 4.79 Å². The van der Waals surface area contributed by atoms with Gasteiger partial charge in [-0.15, -0.1) is 0 Å². The van der Waals surface area contributed by atoms with E-state index in [-0.39, 0.29) is 17.7 Å². The van der Waals surface area contributed by atoms with Gasteiger partial charge in [-0.25, -0.2) is 0 Å². The predicted molar refractivity (Wildman–Crippen MR) is 77.2 cm³/mol. The molecule has 0 saturated heterocycles. The monoisotopic (exact) mass is 267 g/mol. The standard InChI is InChI=1S/C15H22ClNO/c1-10-7-8-13(9-14(10)16)15(18)11(2)5-4-6-12(3)17/h7-9,11-12H,4-6,17H2,1-3H3. The number of halogens is 1. The maximum atomic E-state index is 12.2. The van der Waals surface area contributed by atoms with Gasteiger partial charge in [-0.1, -0.05) is 37.1 Å². The number of nitrogens with two attached hydrogens (primary N) is 1. The minimum Gasteiger partial charge on any atom is -0.328 e. The zero-order chi connectivity index (χ0) is 13.7. The zero-order valence-corrected chi connectivity index (χ0v) is 12.1. The summed E-state index contributed by atoms with van der Waals surface area (Å²) in [4.78, 5) is 12.2. The molecular weight excluding hydrogens is 246 g/mol. The summed E-state index contributed by atoms with van der Waals surface area (Å²) in [5.74, 6) is 0.198. The van der Waals surface area contributed by atoms with Crippen molar-refractivity contribution >= 4 is 17.4 Å². The number of carbonyl (C=O) groups is 1. The molecule has 0 amide bonds. The van der Waals surface area contributed by atoms with E-state index in [1.54, 1.807) is 6.07 Å². The first-order valence-corrected chi connectivity index (χ1v) is 6.85. The lowest BCUT2D eigenvalue weighted by Crippen LogP contribution is -2.16. The fourth-order valence-corrected chi connectivity index (χ4v) is 2.09. The zero-order valence-electron chi connectivity index (χ0n) is 11.4. The molecule has 0 heterocycles. The molecule has 0 aromatic heterocycles. The Kier molecular flexibility index (Phi) is 5.83. The highest BCUT2D eigenvalue weighted by Gasteiger charge is 2.15. The lowest BCUT2D eigenvalue weighted by atomic mass is 9.93. The van der Waals surface area contributed by atoms with Crippen LogP contribution in [-0.2, 0) is 0 Å². The molecule has 18 heavy (non-hydrogen) atoms. The van der Waals surface area contributed by atoms with Crippen molar-refractivity contribution in [3.8, 4) is 0 Å². The van der Waals surface area contributed by atoms with Crippen molar-refractivity contribution in [3.63, 3.8) is 0 Å². The Bertz CT molecular complexity index is 415. The Labute approximate surface area is 115 Å². The predicted octanol–water partition coefficient (Wildman–Crippen LogP) is 3.98. The largest absolute Gasteiger partial charge is 0.328 e. The lowest BCUT2D eigenvalue weighted by Gasteiger charge is -2.12.